The molecular formula is C24H28F3N5O3. The third-order valence-corrected chi connectivity index (χ3v) is 5.91. The number of piperidine rings is 1. The summed E-state index contributed by atoms with van der Waals surface area (Å²) in [6.45, 7) is 4.87. The van der Waals surface area contributed by atoms with Gasteiger partial charge in [0.05, 0.1) is 29.3 Å². The molecule has 2 aliphatic rings. The number of carbonyl (C=O) groups is 1. The summed E-state index contributed by atoms with van der Waals surface area (Å²) in [4.78, 5) is 21.7. The van der Waals surface area contributed by atoms with Gasteiger partial charge in [0.2, 0.25) is 5.91 Å². The number of ether oxygens (including phenoxy) is 2. The van der Waals surface area contributed by atoms with Crippen LogP contribution in [-0.2, 0) is 20.7 Å². The van der Waals surface area contributed by atoms with Crippen LogP contribution in [0.1, 0.15) is 73.2 Å². The Labute approximate surface area is 201 Å². The molecule has 8 nitrogen and oxygen atoms in total. The molecule has 0 radical (unpaired) electrons. The molecular weight excluding hydrogens is 463 g/mol. The van der Waals surface area contributed by atoms with Crippen LogP contribution in [0.25, 0.3) is 0 Å². The van der Waals surface area contributed by atoms with E-state index in [4.69, 9.17) is 9.47 Å². The molecule has 3 heterocycles. The summed E-state index contributed by atoms with van der Waals surface area (Å²) < 4.78 is 52.2. The molecule has 11 heteroatoms. The maximum absolute atomic E-state index is 14.8. The number of hydrogen-bond donors (Lipinski definition) is 2. The summed E-state index contributed by atoms with van der Waals surface area (Å²) in [6.07, 6.45) is 1.99. The molecule has 35 heavy (non-hydrogen) atoms. The van der Waals surface area contributed by atoms with Crippen molar-refractivity contribution in [2.45, 2.75) is 58.3 Å². The van der Waals surface area contributed by atoms with E-state index in [0.717, 1.165) is 38.4 Å². The van der Waals surface area contributed by atoms with Gasteiger partial charge in [-0.05, 0) is 26.7 Å². The number of carbonyl (C=O) groups excluding carboxylic acids is 1. The lowest BCUT2D eigenvalue weighted by Gasteiger charge is -2.27. The van der Waals surface area contributed by atoms with Gasteiger partial charge < -0.3 is 14.8 Å². The predicted octanol–water partition coefficient (Wildman–Crippen LogP) is 4.61. The monoisotopic (exact) mass is 491 g/mol. The molecule has 188 valence electrons. The highest BCUT2D eigenvalue weighted by molar-refractivity contribution is 5.78. The van der Waals surface area contributed by atoms with Gasteiger partial charge in [-0.15, -0.1) is 0 Å². The second-order valence-corrected chi connectivity index (χ2v) is 8.53. The van der Waals surface area contributed by atoms with E-state index in [1.165, 1.54) is 24.7 Å². The third-order valence-electron chi connectivity index (χ3n) is 5.91. The number of alkyl halides is 2. The van der Waals surface area contributed by atoms with E-state index >= 15 is 0 Å². The van der Waals surface area contributed by atoms with Gasteiger partial charge in [-0.2, -0.15) is 0 Å². The Morgan fingerprint density at radius 2 is 1.83 bits per heavy atom. The first-order valence-electron chi connectivity index (χ1n) is 11.5. The lowest BCUT2D eigenvalue weighted by Crippen LogP contribution is -2.45. The highest BCUT2D eigenvalue weighted by atomic mass is 19.3. The fourth-order valence-electron chi connectivity index (χ4n) is 4.23. The van der Waals surface area contributed by atoms with Gasteiger partial charge in [0.15, 0.2) is 0 Å². The maximum Gasteiger partial charge on any atom is 0.271 e. The highest BCUT2D eigenvalue weighted by Gasteiger charge is 2.29. The largest absolute Gasteiger partial charge is 0.455 e. The second-order valence-electron chi connectivity index (χ2n) is 8.53. The number of aryl methyl sites for hydroxylation is 1. The number of aromatic nitrogens is 2. The lowest BCUT2D eigenvalue weighted by molar-refractivity contribution is -0.125. The molecule has 1 saturated heterocycles. The van der Waals surface area contributed by atoms with Crippen molar-refractivity contribution >= 4 is 11.7 Å². The van der Waals surface area contributed by atoms with Crippen molar-refractivity contribution < 1.29 is 27.4 Å². The van der Waals surface area contributed by atoms with Crippen molar-refractivity contribution in [3.63, 3.8) is 0 Å². The molecule has 0 unspecified atom stereocenters. The first-order valence-corrected chi connectivity index (χ1v) is 11.5. The van der Waals surface area contributed by atoms with E-state index in [1.54, 1.807) is 13.8 Å². The van der Waals surface area contributed by atoms with Gasteiger partial charge in [0, 0.05) is 18.7 Å². The first kappa shape index (κ1) is 24.8. The number of halogens is 3. The van der Waals surface area contributed by atoms with Crippen LogP contribution in [0.2, 0.25) is 0 Å². The summed E-state index contributed by atoms with van der Waals surface area (Å²) in [7, 11) is 0. The first-order chi connectivity index (χ1) is 16.8. The number of hydrogen-bond acceptors (Lipinski definition) is 7. The quantitative estimate of drug-likeness (QED) is 0.558. The molecule has 2 aromatic rings. The van der Waals surface area contributed by atoms with E-state index in [-0.39, 0.29) is 23.7 Å². The molecule has 1 amide bonds. The minimum atomic E-state index is -2.93. The average Bonchev–Trinajstić information content (AvgIpc) is 3.33. The zero-order chi connectivity index (χ0) is 24.9. The lowest BCUT2D eigenvalue weighted by atomic mass is 10.0. The molecule has 1 aromatic carbocycles. The molecule has 2 aliphatic heterocycles. The predicted molar refractivity (Wildman–Crippen MR) is 121 cm³/mol. The minimum absolute atomic E-state index is 0.0563. The highest BCUT2D eigenvalue weighted by Crippen LogP contribution is 2.35. The van der Waals surface area contributed by atoms with Crippen LogP contribution in [0.3, 0.4) is 0 Å². The molecule has 1 fully saturated rings. The SMILES string of the molecule is Cc1nc(CC(=O)NN2CCCCC2)c(C2OC=CO2)c(N[C@H](C)c2cccc(C(F)F)c2F)n1. The van der Waals surface area contributed by atoms with Crippen molar-refractivity contribution in [3.05, 3.63) is 64.7 Å². The van der Waals surface area contributed by atoms with E-state index in [2.05, 4.69) is 20.7 Å². The van der Waals surface area contributed by atoms with E-state index in [9.17, 15) is 18.0 Å². The zero-order valence-electron chi connectivity index (χ0n) is 19.6. The molecule has 2 N–H and O–H groups in total. The summed E-state index contributed by atoms with van der Waals surface area (Å²) in [5.41, 5.74) is 3.06. The fourth-order valence-corrected chi connectivity index (χ4v) is 4.23. The summed E-state index contributed by atoms with van der Waals surface area (Å²) in [5, 5.41) is 4.97. The molecule has 0 spiro atoms. The standard InChI is InChI=1S/C24H28F3N5O3/c1-14(16-7-6-8-17(21(16)25)22(26)27)28-23-20(24-34-11-12-35-24)18(29-15(2)30-23)13-19(33)31-32-9-4-3-5-10-32/h6-8,11-12,14,22,24H,3-5,9-10,13H2,1-2H3,(H,31,33)(H,28,29,30)/t14-/m1/s1. The van der Waals surface area contributed by atoms with E-state index < -0.39 is 30.1 Å². The van der Waals surface area contributed by atoms with Crippen molar-refractivity contribution in [1.82, 2.24) is 20.4 Å². The minimum Gasteiger partial charge on any atom is -0.455 e. The molecule has 0 bridgehead atoms. The Bertz CT molecular complexity index is 1080. The van der Waals surface area contributed by atoms with E-state index in [0.29, 0.717) is 17.1 Å². The van der Waals surface area contributed by atoms with Crippen LogP contribution in [0.4, 0.5) is 19.0 Å². The van der Waals surface area contributed by atoms with Crippen LogP contribution < -0.4 is 10.7 Å². The number of amides is 1. The van der Waals surface area contributed by atoms with Gasteiger partial charge in [0.25, 0.3) is 12.7 Å². The Morgan fingerprint density at radius 1 is 1.14 bits per heavy atom. The normalized spacial score (nSPS) is 17.2. The maximum atomic E-state index is 14.8. The van der Waals surface area contributed by atoms with Gasteiger partial charge >= 0.3 is 0 Å². The van der Waals surface area contributed by atoms with Gasteiger partial charge in [-0.25, -0.2) is 28.1 Å². The van der Waals surface area contributed by atoms with Crippen LogP contribution in [0.15, 0.2) is 30.7 Å². The zero-order valence-corrected chi connectivity index (χ0v) is 19.6. The Kier molecular flexibility index (Phi) is 7.74. The number of anilines is 1. The van der Waals surface area contributed by atoms with Crippen molar-refractivity contribution in [2.75, 3.05) is 18.4 Å². The average molecular weight is 492 g/mol. The van der Waals surface area contributed by atoms with E-state index in [1.807, 2.05) is 5.01 Å². The number of nitrogens with zero attached hydrogens (tertiary/aromatic N) is 3. The van der Waals surface area contributed by atoms with Crippen molar-refractivity contribution in [1.29, 1.82) is 0 Å². The molecule has 1 atom stereocenters. The number of benzene rings is 1. The smallest absolute Gasteiger partial charge is 0.271 e. The van der Waals surface area contributed by atoms with Crippen LogP contribution >= 0.6 is 0 Å². The molecule has 1 aromatic heterocycles. The van der Waals surface area contributed by atoms with Crippen LogP contribution in [0.5, 0.6) is 0 Å². The molecule has 0 saturated carbocycles. The second kappa shape index (κ2) is 10.9. The fraction of sp³-hybridized carbons (Fsp3) is 0.458. The molecule has 0 aliphatic carbocycles. The van der Waals surface area contributed by atoms with Gasteiger partial charge in [0.1, 0.15) is 30.0 Å². The summed E-state index contributed by atoms with van der Waals surface area (Å²) in [5.74, 6) is -0.587. The summed E-state index contributed by atoms with van der Waals surface area (Å²) >= 11 is 0. The van der Waals surface area contributed by atoms with Crippen LogP contribution in [-0.4, -0.2) is 34.0 Å². The van der Waals surface area contributed by atoms with Gasteiger partial charge in [-0.3, -0.25) is 10.2 Å². The van der Waals surface area contributed by atoms with Crippen molar-refractivity contribution in [3.8, 4) is 0 Å². The molecule has 4 rings (SSSR count). The number of nitrogens with one attached hydrogen (secondary N) is 2. The van der Waals surface area contributed by atoms with Crippen LogP contribution in [0, 0.1) is 12.7 Å². The number of rotatable bonds is 8. The Balaban J connectivity index is 1.62. The van der Waals surface area contributed by atoms with Crippen molar-refractivity contribution in [2.24, 2.45) is 0 Å². The topological polar surface area (TPSA) is 88.6 Å². The Morgan fingerprint density at radius 3 is 2.51 bits per heavy atom. The summed E-state index contributed by atoms with van der Waals surface area (Å²) in [6, 6.07) is 3.14. The van der Waals surface area contributed by atoms with Gasteiger partial charge in [-0.1, -0.05) is 24.6 Å². The number of hydrazine groups is 1. The third kappa shape index (κ3) is 5.84. The Hall–Kier alpha value is -3.34.